The summed E-state index contributed by atoms with van der Waals surface area (Å²) in [6, 6.07) is 5.95. The molecule has 1 aromatic rings. The molecule has 78 valence electrons. The zero-order chi connectivity index (χ0) is 10.4. The molecule has 3 rings (SSSR count). The number of ether oxygens (including phenoxy) is 1. The molecule has 2 heterocycles. The summed E-state index contributed by atoms with van der Waals surface area (Å²) < 4.78 is 6.43. The lowest BCUT2D eigenvalue weighted by Gasteiger charge is -2.29. The Hall–Kier alpha value is -0.870. The van der Waals surface area contributed by atoms with E-state index < -0.39 is 0 Å². The fourth-order valence-corrected chi connectivity index (χ4v) is 2.64. The van der Waals surface area contributed by atoms with E-state index in [1.165, 1.54) is 0 Å². The number of fused-ring (bicyclic) bond motifs is 3. The summed E-state index contributed by atoms with van der Waals surface area (Å²) in [6.45, 7) is 1.97. The average molecular weight is 268 g/mol. The molecule has 0 saturated carbocycles. The van der Waals surface area contributed by atoms with Gasteiger partial charge in [0.05, 0.1) is 19.3 Å². The van der Waals surface area contributed by atoms with Crippen molar-refractivity contribution in [3.8, 4) is 0 Å². The van der Waals surface area contributed by atoms with Crippen LogP contribution >= 0.6 is 15.9 Å². The van der Waals surface area contributed by atoms with Crippen molar-refractivity contribution in [2.24, 2.45) is 0 Å². The Bertz CT molecular complexity index is 433. The minimum Gasteiger partial charge on any atom is -0.377 e. The highest BCUT2D eigenvalue weighted by atomic mass is 79.9. The fraction of sp³-hybridized carbons (Fsp3) is 0.364. The minimum atomic E-state index is 0.124. The van der Waals surface area contributed by atoms with Crippen LogP contribution in [0.5, 0.6) is 0 Å². The molecule has 0 spiro atoms. The lowest BCUT2D eigenvalue weighted by atomic mass is 10.1. The number of rotatable bonds is 0. The van der Waals surface area contributed by atoms with Gasteiger partial charge in [0.1, 0.15) is 0 Å². The summed E-state index contributed by atoms with van der Waals surface area (Å²) >= 11 is 3.43. The van der Waals surface area contributed by atoms with Gasteiger partial charge >= 0.3 is 0 Å². The van der Waals surface area contributed by atoms with Crippen molar-refractivity contribution in [1.82, 2.24) is 4.90 Å². The third-order valence-corrected chi connectivity index (χ3v) is 3.49. The second-order valence-corrected chi connectivity index (χ2v) is 4.74. The van der Waals surface area contributed by atoms with E-state index in [-0.39, 0.29) is 11.9 Å². The molecule has 0 bridgehead atoms. The van der Waals surface area contributed by atoms with Crippen molar-refractivity contribution in [2.45, 2.75) is 6.04 Å². The van der Waals surface area contributed by atoms with Crippen molar-refractivity contribution in [3.05, 3.63) is 33.8 Å². The summed E-state index contributed by atoms with van der Waals surface area (Å²) in [6.07, 6.45) is 0. The number of hydrogen-bond donors (Lipinski definition) is 0. The third-order valence-electron chi connectivity index (χ3n) is 2.99. The van der Waals surface area contributed by atoms with E-state index >= 15 is 0 Å². The molecule has 0 N–H and O–H groups in total. The first kappa shape index (κ1) is 9.36. The maximum absolute atomic E-state index is 12.0. The van der Waals surface area contributed by atoms with Crippen LogP contribution in [0, 0.1) is 0 Å². The first-order valence-corrected chi connectivity index (χ1v) is 5.75. The zero-order valence-corrected chi connectivity index (χ0v) is 9.66. The summed E-state index contributed by atoms with van der Waals surface area (Å²) in [5.74, 6) is 0.144. The van der Waals surface area contributed by atoms with Crippen molar-refractivity contribution < 1.29 is 9.53 Å². The molecule has 3 nitrogen and oxygen atoms in total. The van der Waals surface area contributed by atoms with Gasteiger partial charge in [-0.1, -0.05) is 15.9 Å². The standard InChI is InChI=1S/C11H10BrNO2/c12-7-1-2-8-9(5-7)10-6-15-4-3-13(10)11(8)14/h1-2,5,10H,3-4,6H2. The van der Waals surface area contributed by atoms with Crippen molar-refractivity contribution in [2.75, 3.05) is 19.8 Å². The van der Waals surface area contributed by atoms with Crippen LogP contribution in [0.1, 0.15) is 22.0 Å². The molecule has 1 aromatic carbocycles. The molecule has 0 radical (unpaired) electrons. The highest BCUT2D eigenvalue weighted by Crippen LogP contribution is 2.36. The van der Waals surface area contributed by atoms with Gasteiger partial charge in [0, 0.05) is 16.6 Å². The normalized spacial score (nSPS) is 23.9. The summed E-state index contributed by atoms with van der Waals surface area (Å²) in [5.41, 5.74) is 1.92. The van der Waals surface area contributed by atoms with Gasteiger partial charge in [-0.2, -0.15) is 0 Å². The van der Waals surface area contributed by atoms with Crippen LogP contribution in [0.15, 0.2) is 22.7 Å². The third kappa shape index (κ3) is 1.32. The molecule has 0 aliphatic carbocycles. The predicted octanol–water partition coefficient (Wildman–Crippen LogP) is 1.98. The first-order valence-electron chi connectivity index (χ1n) is 4.95. The van der Waals surface area contributed by atoms with Crippen molar-refractivity contribution in [3.63, 3.8) is 0 Å². The Balaban J connectivity index is 2.12. The number of benzene rings is 1. The first-order chi connectivity index (χ1) is 7.27. The van der Waals surface area contributed by atoms with Crippen LogP contribution in [0.25, 0.3) is 0 Å². The molecule has 2 aliphatic rings. The maximum Gasteiger partial charge on any atom is 0.254 e. The van der Waals surface area contributed by atoms with E-state index in [1.807, 2.05) is 23.1 Å². The lowest BCUT2D eigenvalue weighted by Crippen LogP contribution is -2.38. The van der Waals surface area contributed by atoms with Gasteiger partial charge in [-0.3, -0.25) is 4.79 Å². The minimum absolute atomic E-state index is 0.124. The monoisotopic (exact) mass is 267 g/mol. The molecule has 1 amide bonds. The molecule has 0 aromatic heterocycles. The Kier molecular flexibility index (Phi) is 2.07. The summed E-state index contributed by atoms with van der Waals surface area (Å²) in [5, 5.41) is 0. The predicted molar refractivity (Wildman–Crippen MR) is 58.7 cm³/mol. The van der Waals surface area contributed by atoms with E-state index in [2.05, 4.69) is 15.9 Å². The number of amides is 1. The molecular formula is C11H10BrNO2. The second kappa shape index (κ2) is 3.32. The molecule has 4 heteroatoms. The van der Waals surface area contributed by atoms with Gasteiger partial charge in [-0.15, -0.1) is 0 Å². The average Bonchev–Trinajstić information content (AvgIpc) is 2.54. The number of carbonyl (C=O) groups is 1. The molecule has 15 heavy (non-hydrogen) atoms. The topological polar surface area (TPSA) is 29.5 Å². The van der Waals surface area contributed by atoms with Gasteiger partial charge in [-0.05, 0) is 23.8 Å². The SMILES string of the molecule is O=C1c2ccc(Br)cc2C2COCCN12. The Morgan fingerprint density at radius 1 is 1.47 bits per heavy atom. The highest BCUT2D eigenvalue weighted by Gasteiger charge is 2.38. The van der Waals surface area contributed by atoms with E-state index in [4.69, 9.17) is 4.74 Å². The van der Waals surface area contributed by atoms with E-state index in [0.717, 1.165) is 15.6 Å². The van der Waals surface area contributed by atoms with Crippen LogP contribution in [0.3, 0.4) is 0 Å². The molecule has 1 saturated heterocycles. The quantitative estimate of drug-likeness (QED) is 0.720. The fourth-order valence-electron chi connectivity index (χ4n) is 2.26. The zero-order valence-electron chi connectivity index (χ0n) is 8.07. The molecular weight excluding hydrogens is 258 g/mol. The molecule has 1 atom stereocenters. The number of halogens is 1. The molecule has 1 fully saturated rings. The number of morpholine rings is 1. The highest BCUT2D eigenvalue weighted by molar-refractivity contribution is 9.10. The summed E-state index contributed by atoms with van der Waals surface area (Å²) in [4.78, 5) is 13.9. The van der Waals surface area contributed by atoms with Crippen molar-refractivity contribution >= 4 is 21.8 Å². The second-order valence-electron chi connectivity index (χ2n) is 3.82. The van der Waals surface area contributed by atoms with Gasteiger partial charge in [0.2, 0.25) is 0 Å². The van der Waals surface area contributed by atoms with Crippen LogP contribution in [-0.4, -0.2) is 30.6 Å². The Labute approximate surface area is 96.1 Å². The maximum atomic E-state index is 12.0. The number of nitrogens with zero attached hydrogens (tertiary/aromatic N) is 1. The Morgan fingerprint density at radius 2 is 2.33 bits per heavy atom. The number of carbonyl (C=O) groups excluding carboxylic acids is 1. The molecule has 1 unspecified atom stereocenters. The van der Waals surface area contributed by atoms with Gasteiger partial charge in [-0.25, -0.2) is 0 Å². The van der Waals surface area contributed by atoms with Gasteiger partial charge in [0.25, 0.3) is 5.91 Å². The Morgan fingerprint density at radius 3 is 3.20 bits per heavy atom. The molecule has 2 aliphatic heterocycles. The lowest BCUT2D eigenvalue weighted by molar-refractivity contribution is 0.00443. The number of hydrogen-bond acceptors (Lipinski definition) is 2. The van der Waals surface area contributed by atoms with Crippen LogP contribution in [0.2, 0.25) is 0 Å². The van der Waals surface area contributed by atoms with Gasteiger partial charge < -0.3 is 9.64 Å². The van der Waals surface area contributed by atoms with E-state index in [1.54, 1.807) is 0 Å². The summed E-state index contributed by atoms with van der Waals surface area (Å²) in [7, 11) is 0. The van der Waals surface area contributed by atoms with Crippen LogP contribution < -0.4 is 0 Å². The smallest absolute Gasteiger partial charge is 0.254 e. The van der Waals surface area contributed by atoms with E-state index in [0.29, 0.717) is 19.8 Å². The van der Waals surface area contributed by atoms with Crippen LogP contribution in [-0.2, 0) is 4.74 Å². The largest absolute Gasteiger partial charge is 0.377 e. The van der Waals surface area contributed by atoms with Gasteiger partial charge in [0.15, 0.2) is 0 Å². The van der Waals surface area contributed by atoms with Crippen molar-refractivity contribution in [1.29, 1.82) is 0 Å². The van der Waals surface area contributed by atoms with E-state index in [9.17, 15) is 4.79 Å². The van der Waals surface area contributed by atoms with Crippen LogP contribution in [0.4, 0.5) is 0 Å².